The third kappa shape index (κ3) is 6.06. The van der Waals surface area contributed by atoms with Gasteiger partial charge < -0.3 is 16.0 Å². The largest absolute Gasteiger partial charge is 0.357 e. The quantitative estimate of drug-likeness (QED) is 0.166. The Bertz CT molecular complexity index is 652. The average Bonchev–Trinajstić information content (AvgIpc) is 3.21. The van der Waals surface area contributed by atoms with Gasteiger partial charge >= 0.3 is 6.03 Å². The first-order valence-corrected chi connectivity index (χ1v) is 10.0. The summed E-state index contributed by atoms with van der Waals surface area (Å²) >= 11 is 1.70. The molecule has 0 radical (unpaired) electrons. The number of rotatable bonds is 8. The van der Waals surface area contributed by atoms with E-state index in [1.54, 1.807) is 18.3 Å². The lowest BCUT2D eigenvalue weighted by molar-refractivity contribution is -0.130. The topological polar surface area (TPSA) is 85.8 Å². The van der Waals surface area contributed by atoms with E-state index in [1.807, 2.05) is 19.9 Å². The minimum absolute atomic E-state index is 0. The molecule has 0 bridgehead atoms. The Labute approximate surface area is 182 Å². The number of aliphatic imine (C=N–C) groups is 1. The molecule has 2 atom stereocenters. The summed E-state index contributed by atoms with van der Waals surface area (Å²) in [6.07, 6.45) is 1.21. The van der Waals surface area contributed by atoms with Gasteiger partial charge in [-0.25, -0.2) is 4.79 Å². The van der Waals surface area contributed by atoms with Crippen molar-refractivity contribution in [2.24, 2.45) is 4.99 Å². The van der Waals surface area contributed by atoms with Crippen LogP contribution in [0.2, 0.25) is 0 Å². The molecule has 152 valence electrons. The molecule has 0 saturated carbocycles. The van der Waals surface area contributed by atoms with Crippen LogP contribution in [0.4, 0.5) is 4.79 Å². The van der Waals surface area contributed by atoms with Gasteiger partial charge in [0.25, 0.3) is 5.91 Å². The van der Waals surface area contributed by atoms with Gasteiger partial charge in [0.15, 0.2) is 5.96 Å². The summed E-state index contributed by atoms with van der Waals surface area (Å²) in [5.74, 6) is 0.592. The lowest BCUT2D eigenvalue weighted by atomic mass is 9.99. The van der Waals surface area contributed by atoms with E-state index in [9.17, 15) is 9.59 Å². The Hall–Kier alpha value is -1.36. The van der Waals surface area contributed by atoms with Crippen molar-refractivity contribution >= 4 is 53.2 Å². The van der Waals surface area contributed by atoms with Crippen LogP contribution in [0.25, 0.3) is 0 Å². The van der Waals surface area contributed by atoms with Crippen molar-refractivity contribution in [1.82, 2.24) is 20.9 Å². The molecule has 9 heteroatoms. The van der Waals surface area contributed by atoms with Crippen molar-refractivity contribution in [3.8, 4) is 0 Å². The van der Waals surface area contributed by atoms with Gasteiger partial charge in [-0.1, -0.05) is 13.0 Å². The van der Waals surface area contributed by atoms with Crippen molar-refractivity contribution < 1.29 is 9.59 Å². The van der Waals surface area contributed by atoms with E-state index >= 15 is 0 Å². The zero-order valence-corrected chi connectivity index (χ0v) is 19.5. The van der Waals surface area contributed by atoms with Crippen LogP contribution >= 0.6 is 35.3 Å². The van der Waals surface area contributed by atoms with Gasteiger partial charge in [0, 0.05) is 24.5 Å². The zero-order valence-electron chi connectivity index (χ0n) is 16.4. The monoisotopic (exact) mass is 507 g/mol. The van der Waals surface area contributed by atoms with Gasteiger partial charge in [-0.2, -0.15) is 0 Å². The van der Waals surface area contributed by atoms with Gasteiger partial charge in [-0.05, 0) is 45.1 Å². The molecular formula is C18H30IN5O2S. The lowest BCUT2D eigenvalue weighted by Crippen LogP contribution is -2.43. The molecule has 27 heavy (non-hydrogen) atoms. The minimum Gasteiger partial charge on any atom is -0.357 e. The number of hydrogen-bond donors (Lipinski definition) is 3. The molecule has 1 aliphatic rings. The van der Waals surface area contributed by atoms with Crippen LogP contribution in [0, 0.1) is 0 Å². The van der Waals surface area contributed by atoms with Crippen LogP contribution in [0.15, 0.2) is 22.5 Å². The molecule has 2 heterocycles. The highest BCUT2D eigenvalue weighted by Crippen LogP contribution is 2.21. The first kappa shape index (κ1) is 23.7. The highest BCUT2D eigenvalue weighted by atomic mass is 127. The van der Waals surface area contributed by atoms with E-state index in [1.165, 1.54) is 9.78 Å². The fourth-order valence-corrected chi connectivity index (χ4v) is 3.48. The lowest BCUT2D eigenvalue weighted by Gasteiger charge is -2.19. The van der Waals surface area contributed by atoms with Crippen LogP contribution in [0.5, 0.6) is 0 Å². The van der Waals surface area contributed by atoms with Crippen LogP contribution in [-0.4, -0.2) is 48.0 Å². The highest BCUT2D eigenvalue weighted by molar-refractivity contribution is 14.0. The van der Waals surface area contributed by atoms with E-state index < -0.39 is 5.54 Å². The third-order valence-electron chi connectivity index (χ3n) is 4.53. The van der Waals surface area contributed by atoms with Crippen molar-refractivity contribution in [3.63, 3.8) is 0 Å². The molecular weight excluding hydrogens is 477 g/mol. The number of halogens is 1. The van der Waals surface area contributed by atoms with Crippen molar-refractivity contribution in [2.75, 3.05) is 19.6 Å². The van der Waals surface area contributed by atoms with E-state index in [0.717, 1.165) is 12.5 Å². The fraction of sp³-hybridized carbons (Fsp3) is 0.611. The predicted molar refractivity (Wildman–Crippen MR) is 121 cm³/mol. The highest BCUT2D eigenvalue weighted by Gasteiger charge is 2.45. The van der Waals surface area contributed by atoms with Crippen molar-refractivity contribution in [1.29, 1.82) is 0 Å². The van der Waals surface area contributed by atoms with Gasteiger partial charge in [0.2, 0.25) is 0 Å². The summed E-state index contributed by atoms with van der Waals surface area (Å²) < 4.78 is 0. The maximum absolute atomic E-state index is 12.4. The number of guanidine groups is 1. The molecule has 1 aromatic rings. The number of thiophene rings is 1. The second kappa shape index (κ2) is 10.8. The van der Waals surface area contributed by atoms with E-state index in [4.69, 9.17) is 0 Å². The number of carbonyl (C=O) groups excluding carboxylic acids is 2. The van der Waals surface area contributed by atoms with Crippen molar-refractivity contribution in [3.05, 3.63) is 22.4 Å². The Balaban J connectivity index is 0.00000364. The first-order valence-electron chi connectivity index (χ1n) is 9.13. The maximum Gasteiger partial charge on any atom is 0.325 e. The Morgan fingerprint density at radius 2 is 2.15 bits per heavy atom. The SMILES string of the molecule is CCNC(=NCCCN1C(=O)NC(C)(CC)C1=O)NC(C)c1cccs1.I. The number of amides is 3. The molecule has 0 spiro atoms. The van der Waals surface area contributed by atoms with E-state index in [-0.39, 0.29) is 42.0 Å². The summed E-state index contributed by atoms with van der Waals surface area (Å²) in [5, 5.41) is 11.4. The predicted octanol–water partition coefficient (Wildman–Crippen LogP) is 3.09. The summed E-state index contributed by atoms with van der Waals surface area (Å²) in [4.78, 5) is 31.5. The van der Waals surface area contributed by atoms with E-state index in [2.05, 4.69) is 39.3 Å². The Morgan fingerprint density at radius 1 is 1.41 bits per heavy atom. The Morgan fingerprint density at radius 3 is 2.70 bits per heavy atom. The van der Waals surface area contributed by atoms with Crippen LogP contribution in [0.3, 0.4) is 0 Å². The van der Waals surface area contributed by atoms with Crippen LogP contribution in [-0.2, 0) is 4.79 Å². The average molecular weight is 507 g/mol. The van der Waals surface area contributed by atoms with Crippen LogP contribution < -0.4 is 16.0 Å². The first-order chi connectivity index (χ1) is 12.4. The van der Waals surface area contributed by atoms with Gasteiger partial charge in [-0.15, -0.1) is 35.3 Å². The standard InChI is InChI=1S/C18H29N5O2S.HI/c1-5-18(4)15(24)23(17(25)22-18)11-8-10-20-16(19-6-2)21-13(3)14-9-7-12-26-14;/h7,9,12-13H,5-6,8,10-11H2,1-4H3,(H,22,25)(H2,19,20,21);1H. The fourth-order valence-electron chi connectivity index (χ4n) is 2.74. The number of nitrogens with one attached hydrogen (secondary N) is 3. The smallest absolute Gasteiger partial charge is 0.325 e. The third-order valence-corrected chi connectivity index (χ3v) is 5.58. The van der Waals surface area contributed by atoms with Gasteiger partial charge in [-0.3, -0.25) is 14.7 Å². The molecule has 3 N–H and O–H groups in total. The summed E-state index contributed by atoms with van der Waals surface area (Å²) in [6.45, 7) is 9.46. The number of urea groups is 1. The molecule has 0 aromatic carbocycles. The molecule has 7 nitrogen and oxygen atoms in total. The molecule has 2 unspecified atom stereocenters. The number of carbonyl (C=O) groups is 2. The molecule has 3 amide bonds. The molecule has 1 aromatic heterocycles. The minimum atomic E-state index is -0.771. The molecule has 1 aliphatic heterocycles. The number of imide groups is 1. The second-order valence-corrected chi connectivity index (χ2v) is 7.55. The summed E-state index contributed by atoms with van der Waals surface area (Å²) in [5.41, 5.74) is -0.771. The summed E-state index contributed by atoms with van der Waals surface area (Å²) in [6, 6.07) is 3.99. The molecule has 1 saturated heterocycles. The van der Waals surface area contributed by atoms with Gasteiger partial charge in [0.1, 0.15) is 5.54 Å². The van der Waals surface area contributed by atoms with Crippen molar-refractivity contribution in [2.45, 2.75) is 52.1 Å². The Kier molecular flexibility index (Phi) is 9.51. The maximum atomic E-state index is 12.4. The van der Waals surface area contributed by atoms with Crippen LogP contribution in [0.1, 0.15) is 51.5 Å². The molecule has 1 fully saturated rings. The molecule has 0 aliphatic carbocycles. The second-order valence-electron chi connectivity index (χ2n) is 6.57. The van der Waals surface area contributed by atoms with Gasteiger partial charge in [0.05, 0.1) is 6.04 Å². The number of hydrogen-bond acceptors (Lipinski definition) is 4. The summed E-state index contributed by atoms with van der Waals surface area (Å²) in [7, 11) is 0. The number of nitrogens with zero attached hydrogens (tertiary/aromatic N) is 2. The normalized spacial score (nSPS) is 20.9. The van der Waals surface area contributed by atoms with E-state index in [0.29, 0.717) is 25.9 Å². The zero-order chi connectivity index (χ0) is 19.2. The molecule has 2 rings (SSSR count).